The lowest BCUT2D eigenvalue weighted by Crippen LogP contribution is -2.38. The van der Waals surface area contributed by atoms with Crippen molar-refractivity contribution in [2.45, 2.75) is 40.0 Å². The van der Waals surface area contributed by atoms with Gasteiger partial charge in [0.15, 0.2) is 0 Å². The highest BCUT2D eigenvalue weighted by atomic mass is 32.2. The van der Waals surface area contributed by atoms with Gasteiger partial charge >= 0.3 is 0 Å². The quantitative estimate of drug-likeness (QED) is 0.643. The molecule has 0 N–H and O–H groups in total. The smallest absolute Gasteiger partial charge is 0.231 e. The van der Waals surface area contributed by atoms with Gasteiger partial charge in [0, 0.05) is 24.3 Å². The van der Waals surface area contributed by atoms with Crippen LogP contribution in [0.5, 0.6) is 0 Å². The number of carbonyl (C=O) groups is 1. The standard InChI is InChI=1S/C20H27FN4OS/c1-4-16(13-27-5-2)20(26)24(11-15-6-7-15)19-12-25(23-14(19)3)18-8-17(21)9-22-10-18/h8-10,12,15-16H,4-7,11,13H2,1-3H3. The number of anilines is 1. The van der Waals surface area contributed by atoms with E-state index in [1.54, 1.807) is 22.6 Å². The normalized spacial score (nSPS) is 15.0. The van der Waals surface area contributed by atoms with Gasteiger partial charge in [-0.05, 0) is 37.9 Å². The van der Waals surface area contributed by atoms with Crippen molar-refractivity contribution in [3.8, 4) is 5.69 Å². The molecule has 1 amide bonds. The summed E-state index contributed by atoms with van der Waals surface area (Å²) in [7, 11) is 0. The number of amides is 1. The summed E-state index contributed by atoms with van der Waals surface area (Å²) in [5, 5.41) is 4.51. The first kappa shape index (κ1) is 19.9. The lowest BCUT2D eigenvalue weighted by molar-refractivity contribution is -0.121. The maximum absolute atomic E-state index is 13.5. The van der Waals surface area contributed by atoms with Crippen LogP contribution in [0.3, 0.4) is 0 Å². The maximum atomic E-state index is 13.5. The molecule has 0 radical (unpaired) electrons. The lowest BCUT2D eigenvalue weighted by atomic mass is 10.1. The Kier molecular flexibility index (Phi) is 6.52. The first-order chi connectivity index (χ1) is 13.0. The number of carbonyl (C=O) groups excluding carboxylic acids is 1. The van der Waals surface area contributed by atoms with Crippen molar-refractivity contribution < 1.29 is 9.18 Å². The second-order valence-corrected chi connectivity index (χ2v) is 8.38. The molecule has 3 rings (SSSR count). The van der Waals surface area contributed by atoms with Crippen LogP contribution in [0, 0.1) is 24.6 Å². The molecule has 0 bridgehead atoms. The molecule has 1 fully saturated rings. The Bertz CT molecular complexity index is 790. The molecule has 1 saturated carbocycles. The molecule has 1 unspecified atom stereocenters. The molecule has 1 aliphatic rings. The van der Waals surface area contributed by atoms with Crippen LogP contribution in [0.1, 0.15) is 38.8 Å². The van der Waals surface area contributed by atoms with Crippen LogP contribution in [0.4, 0.5) is 10.1 Å². The summed E-state index contributed by atoms with van der Waals surface area (Å²) in [6, 6.07) is 1.39. The molecular formula is C20H27FN4OS. The van der Waals surface area contributed by atoms with Crippen LogP contribution < -0.4 is 4.90 Å². The van der Waals surface area contributed by atoms with Gasteiger partial charge in [-0.25, -0.2) is 9.07 Å². The molecule has 2 heterocycles. The Balaban J connectivity index is 1.89. The fourth-order valence-corrected chi connectivity index (χ4v) is 3.98. The van der Waals surface area contributed by atoms with Gasteiger partial charge in [-0.1, -0.05) is 13.8 Å². The number of pyridine rings is 1. The molecule has 146 valence electrons. The van der Waals surface area contributed by atoms with Gasteiger partial charge in [0.25, 0.3) is 0 Å². The second-order valence-electron chi connectivity index (χ2n) is 7.06. The minimum absolute atomic E-state index is 0.00675. The number of hydrogen-bond donors (Lipinski definition) is 0. The number of nitrogens with zero attached hydrogens (tertiary/aromatic N) is 4. The summed E-state index contributed by atoms with van der Waals surface area (Å²) in [4.78, 5) is 19.1. The Labute approximate surface area is 164 Å². The molecule has 2 aromatic rings. The monoisotopic (exact) mass is 390 g/mol. The number of thioether (sulfide) groups is 1. The second kappa shape index (κ2) is 8.87. The molecule has 27 heavy (non-hydrogen) atoms. The number of rotatable bonds is 9. The van der Waals surface area contributed by atoms with Crippen molar-refractivity contribution in [2.24, 2.45) is 11.8 Å². The van der Waals surface area contributed by atoms with Gasteiger partial charge in [0.05, 0.1) is 35.7 Å². The van der Waals surface area contributed by atoms with Crippen molar-refractivity contribution >= 4 is 23.4 Å². The molecular weight excluding hydrogens is 363 g/mol. The summed E-state index contributed by atoms with van der Waals surface area (Å²) in [6.07, 6.45) is 7.73. The summed E-state index contributed by atoms with van der Waals surface area (Å²) < 4.78 is 15.1. The molecule has 7 heteroatoms. The van der Waals surface area contributed by atoms with E-state index >= 15 is 0 Å². The average Bonchev–Trinajstić information content (AvgIpc) is 3.40. The fraction of sp³-hybridized carbons (Fsp3) is 0.550. The first-order valence-electron chi connectivity index (χ1n) is 9.59. The Morgan fingerprint density at radius 1 is 1.41 bits per heavy atom. The van der Waals surface area contributed by atoms with Crippen molar-refractivity contribution in [1.82, 2.24) is 14.8 Å². The maximum Gasteiger partial charge on any atom is 0.231 e. The topological polar surface area (TPSA) is 51.0 Å². The molecule has 0 aliphatic heterocycles. The Morgan fingerprint density at radius 2 is 2.19 bits per heavy atom. The van der Waals surface area contributed by atoms with Gasteiger partial charge in [-0.3, -0.25) is 9.78 Å². The highest BCUT2D eigenvalue weighted by Crippen LogP contribution is 2.34. The SMILES string of the molecule is CCSCC(CC)C(=O)N(CC1CC1)c1cn(-c2cncc(F)c2)nc1C. The summed E-state index contributed by atoms with van der Waals surface area (Å²) in [5.41, 5.74) is 2.14. The minimum atomic E-state index is -0.407. The average molecular weight is 391 g/mol. The van der Waals surface area contributed by atoms with Gasteiger partial charge in [-0.2, -0.15) is 16.9 Å². The van der Waals surface area contributed by atoms with Crippen molar-refractivity contribution in [2.75, 3.05) is 23.0 Å². The summed E-state index contributed by atoms with van der Waals surface area (Å²) >= 11 is 1.81. The van der Waals surface area contributed by atoms with Crippen LogP contribution in [0.2, 0.25) is 0 Å². The highest BCUT2D eigenvalue weighted by Gasteiger charge is 2.32. The van der Waals surface area contributed by atoms with Gasteiger partial charge in [0.2, 0.25) is 5.91 Å². The zero-order valence-electron chi connectivity index (χ0n) is 16.2. The van der Waals surface area contributed by atoms with Gasteiger partial charge in [0.1, 0.15) is 5.82 Å². The predicted molar refractivity (Wildman–Crippen MR) is 108 cm³/mol. The van der Waals surface area contributed by atoms with E-state index in [-0.39, 0.29) is 11.8 Å². The van der Waals surface area contributed by atoms with E-state index in [2.05, 4.69) is 23.9 Å². The number of aryl methyl sites for hydroxylation is 1. The van der Waals surface area contributed by atoms with Crippen molar-refractivity contribution in [3.63, 3.8) is 0 Å². The lowest BCUT2D eigenvalue weighted by Gasteiger charge is -2.26. The van der Waals surface area contributed by atoms with Crippen LogP contribution in [-0.2, 0) is 4.79 Å². The van der Waals surface area contributed by atoms with E-state index in [1.165, 1.54) is 25.1 Å². The molecule has 5 nitrogen and oxygen atoms in total. The van der Waals surface area contributed by atoms with Crippen molar-refractivity contribution in [3.05, 3.63) is 36.2 Å². The van der Waals surface area contributed by atoms with E-state index in [4.69, 9.17) is 0 Å². The molecule has 0 spiro atoms. The largest absolute Gasteiger partial charge is 0.309 e. The number of aromatic nitrogens is 3. The Morgan fingerprint density at radius 3 is 2.81 bits per heavy atom. The zero-order valence-corrected chi connectivity index (χ0v) is 17.0. The number of halogens is 1. The molecule has 0 aromatic carbocycles. The van der Waals surface area contributed by atoms with E-state index in [1.807, 2.05) is 18.0 Å². The van der Waals surface area contributed by atoms with Crippen LogP contribution >= 0.6 is 11.8 Å². The van der Waals surface area contributed by atoms with Crippen molar-refractivity contribution in [1.29, 1.82) is 0 Å². The van der Waals surface area contributed by atoms with Crippen LogP contribution in [0.15, 0.2) is 24.7 Å². The summed E-state index contributed by atoms with van der Waals surface area (Å²) in [5.74, 6) is 2.20. The molecule has 0 saturated heterocycles. The Hall–Kier alpha value is -1.89. The third-order valence-electron chi connectivity index (χ3n) is 4.89. The fourth-order valence-electron chi connectivity index (χ4n) is 3.08. The highest BCUT2D eigenvalue weighted by molar-refractivity contribution is 7.99. The number of hydrogen-bond acceptors (Lipinski definition) is 4. The summed E-state index contributed by atoms with van der Waals surface area (Å²) in [6.45, 7) is 6.82. The van der Waals surface area contributed by atoms with E-state index < -0.39 is 5.82 Å². The molecule has 1 atom stereocenters. The predicted octanol–water partition coefficient (Wildman–Crippen LogP) is 4.24. The first-order valence-corrected chi connectivity index (χ1v) is 10.7. The molecule has 1 aliphatic carbocycles. The van der Waals surface area contributed by atoms with E-state index in [0.717, 1.165) is 35.9 Å². The third-order valence-corrected chi connectivity index (χ3v) is 5.93. The van der Waals surface area contributed by atoms with Gasteiger partial charge in [-0.15, -0.1) is 0 Å². The van der Waals surface area contributed by atoms with E-state index in [0.29, 0.717) is 11.6 Å². The zero-order chi connectivity index (χ0) is 19.4. The third kappa shape index (κ3) is 4.89. The van der Waals surface area contributed by atoms with Crippen LogP contribution in [0.25, 0.3) is 5.69 Å². The molecule has 2 aromatic heterocycles. The van der Waals surface area contributed by atoms with Gasteiger partial charge < -0.3 is 4.90 Å². The van der Waals surface area contributed by atoms with E-state index in [9.17, 15) is 9.18 Å². The van der Waals surface area contributed by atoms with Crippen LogP contribution in [-0.4, -0.2) is 38.7 Å². The minimum Gasteiger partial charge on any atom is -0.309 e.